The van der Waals surface area contributed by atoms with Crippen LogP contribution >= 0.6 is 11.3 Å². The zero-order valence-electron chi connectivity index (χ0n) is 17.7. The first-order valence-electron chi connectivity index (χ1n) is 10.5. The highest BCUT2D eigenvalue weighted by atomic mass is 32.1. The number of Topliss-reactive ketones (excluding diaryl/α,β-unsaturated/α-hetero) is 1. The van der Waals surface area contributed by atoms with E-state index in [2.05, 4.69) is 46.8 Å². The third kappa shape index (κ3) is 6.89. The van der Waals surface area contributed by atoms with Gasteiger partial charge in [-0.1, -0.05) is 30.0 Å². The number of aliphatic hydroxyl groups excluding tert-OH is 1. The number of hydrogen-bond acceptors (Lipinski definition) is 5. The third-order valence-electron chi connectivity index (χ3n) is 5.01. The summed E-state index contributed by atoms with van der Waals surface area (Å²) in [6.45, 7) is -0.727. The molecule has 0 saturated heterocycles. The molecular formula is C26H26N2O3S. The minimum atomic E-state index is -0.898. The van der Waals surface area contributed by atoms with Crippen molar-refractivity contribution in [1.82, 2.24) is 5.32 Å². The van der Waals surface area contributed by atoms with Gasteiger partial charge in [-0.15, -0.1) is 11.3 Å². The van der Waals surface area contributed by atoms with Gasteiger partial charge in [0.15, 0.2) is 5.78 Å². The van der Waals surface area contributed by atoms with Crippen molar-refractivity contribution in [2.45, 2.75) is 25.3 Å². The van der Waals surface area contributed by atoms with Crippen LogP contribution < -0.4 is 11.1 Å². The van der Waals surface area contributed by atoms with Gasteiger partial charge in [-0.2, -0.15) is 0 Å². The second-order valence-corrected chi connectivity index (χ2v) is 8.38. The Balaban J connectivity index is 1.53. The summed E-state index contributed by atoms with van der Waals surface area (Å²) in [5, 5.41) is 13.6. The van der Waals surface area contributed by atoms with Gasteiger partial charge in [-0.3, -0.25) is 9.59 Å². The van der Waals surface area contributed by atoms with Gasteiger partial charge >= 0.3 is 0 Å². The largest absolute Gasteiger partial charge is 0.388 e. The van der Waals surface area contributed by atoms with E-state index in [-0.39, 0.29) is 6.54 Å². The molecule has 0 spiro atoms. The lowest BCUT2D eigenvalue weighted by atomic mass is 10.1. The Morgan fingerprint density at radius 2 is 1.62 bits per heavy atom. The van der Waals surface area contributed by atoms with E-state index in [0.717, 1.165) is 30.4 Å². The maximum absolute atomic E-state index is 12.3. The second-order valence-electron chi connectivity index (χ2n) is 7.34. The van der Waals surface area contributed by atoms with Gasteiger partial charge in [0.1, 0.15) is 12.6 Å². The number of ketones is 1. The van der Waals surface area contributed by atoms with Crippen molar-refractivity contribution in [2.24, 2.45) is 5.73 Å². The normalized spacial score (nSPS) is 11.3. The highest BCUT2D eigenvalue weighted by Crippen LogP contribution is 2.14. The fourth-order valence-electron chi connectivity index (χ4n) is 3.15. The molecule has 0 unspecified atom stereocenters. The molecule has 32 heavy (non-hydrogen) atoms. The Morgan fingerprint density at radius 3 is 2.19 bits per heavy atom. The summed E-state index contributed by atoms with van der Waals surface area (Å²) in [5.74, 6) is 5.30. The minimum Gasteiger partial charge on any atom is -0.388 e. The molecule has 164 valence electrons. The fraction of sp³-hybridized carbons (Fsp3) is 0.231. The molecule has 5 nitrogen and oxygen atoms in total. The van der Waals surface area contributed by atoms with E-state index >= 15 is 0 Å². The number of benzene rings is 2. The standard InChI is InChI=1S/C26H26N2O3S/c27-17-24(25(30)18-29)28-26(31)22-14-12-21(13-15-22)11-10-20-8-6-19(7-9-20)3-1-4-23-5-2-16-32-23/h2,5-9,12-16,24,29H,1,3-4,17-18,27H2,(H,28,31)/t24-/m0/s1. The summed E-state index contributed by atoms with van der Waals surface area (Å²) >= 11 is 1.80. The van der Waals surface area contributed by atoms with E-state index in [9.17, 15) is 9.59 Å². The number of carbonyl (C=O) groups excluding carboxylic acids is 2. The Kier molecular flexibility index (Phi) is 8.76. The lowest BCUT2D eigenvalue weighted by Gasteiger charge is -2.14. The van der Waals surface area contributed by atoms with E-state index in [1.807, 2.05) is 12.1 Å². The molecule has 0 saturated carbocycles. The molecule has 1 aromatic heterocycles. The van der Waals surface area contributed by atoms with Crippen LogP contribution in [-0.4, -0.2) is 36.0 Å². The molecule has 0 fully saturated rings. The van der Waals surface area contributed by atoms with E-state index in [4.69, 9.17) is 10.8 Å². The molecule has 2 aromatic carbocycles. The topological polar surface area (TPSA) is 92.4 Å². The number of nitrogens with one attached hydrogen (secondary N) is 1. The number of rotatable bonds is 9. The van der Waals surface area contributed by atoms with E-state index in [1.165, 1.54) is 10.4 Å². The second kappa shape index (κ2) is 12.0. The van der Waals surface area contributed by atoms with E-state index < -0.39 is 24.3 Å². The lowest BCUT2D eigenvalue weighted by molar-refractivity contribution is -0.123. The molecule has 1 heterocycles. The van der Waals surface area contributed by atoms with Crippen LogP contribution in [-0.2, 0) is 17.6 Å². The van der Waals surface area contributed by atoms with Gasteiger partial charge in [0.05, 0.1) is 0 Å². The van der Waals surface area contributed by atoms with Crippen LogP contribution in [0.25, 0.3) is 0 Å². The maximum atomic E-state index is 12.3. The number of amides is 1. The Morgan fingerprint density at radius 1 is 0.969 bits per heavy atom. The Bertz CT molecular complexity index is 1080. The highest BCUT2D eigenvalue weighted by Gasteiger charge is 2.18. The molecule has 3 rings (SSSR count). The summed E-state index contributed by atoms with van der Waals surface area (Å²) in [7, 11) is 0. The number of carbonyl (C=O) groups is 2. The van der Waals surface area contributed by atoms with Crippen LogP contribution in [0.15, 0.2) is 66.0 Å². The molecule has 4 N–H and O–H groups in total. The summed E-state index contributed by atoms with van der Waals surface area (Å²) in [4.78, 5) is 25.2. The Labute approximate surface area is 192 Å². The van der Waals surface area contributed by atoms with Crippen molar-refractivity contribution < 1.29 is 14.7 Å². The van der Waals surface area contributed by atoms with Crippen molar-refractivity contribution in [3.05, 3.63) is 93.2 Å². The molecule has 0 aliphatic rings. The average molecular weight is 447 g/mol. The van der Waals surface area contributed by atoms with Crippen molar-refractivity contribution >= 4 is 23.0 Å². The Hall–Kier alpha value is -3.24. The summed E-state index contributed by atoms with van der Waals surface area (Å²) < 4.78 is 0. The van der Waals surface area contributed by atoms with Crippen molar-refractivity contribution in [3.63, 3.8) is 0 Å². The first-order valence-corrected chi connectivity index (χ1v) is 11.3. The van der Waals surface area contributed by atoms with Crippen molar-refractivity contribution in [2.75, 3.05) is 13.2 Å². The zero-order chi connectivity index (χ0) is 22.8. The average Bonchev–Trinajstić information content (AvgIpc) is 3.35. The fourth-order valence-corrected chi connectivity index (χ4v) is 3.90. The molecular weight excluding hydrogens is 420 g/mol. The summed E-state index contributed by atoms with van der Waals surface area (Å²) in [5.41, 5.74) is 8.90. The first-order chi connectivity index (χ1) is 15.6. The summed E-state index contributed by atoms with van der Waals surface area (Å²) in [6, 6.07) is 18.5. The number of aliphatic hydroxyl groups is 1. The maximum Gasteiger partial charge on any atom is 0.251 e. The smallest absolute Gasteiger partial charge is 0.251 e. The minimum absolute atomic E-state index is 0.0673. The molecule has 0 aliphatic carbocycles. The zero-order valence-corrected chi connectivity index (χ0v) is 18.5. The van der Waals surface area contributed by atoms with Crippen LogP contribution in [0.4, 0.5) is 0 Å². The first kappa shape index (κ1) is 23.4. The number of thiophene rings is 1. The summed E-state index contributed by atoms with van der Waals surface area (Å²) in [6.07, 6.45) is 3.29. The van der Waals surface area contributed by atoms with Gasteiger partial charge in [0.25, 0.3) is 5.91 Å². The quantitative estimate of drug-likeness (QED) is 0.441. The van der Waals surface area contributed by atoms with Crippen molar-refractivity contribution in [3.8, 4) is 11.8 Å². The van der Waals surface area contributed by atoms with E-state index in [1.54, 1.807) is 35.6 Å². The third-order valence-corrected chi connectivity index (χ3v) is 5.94. The number of aryl methyl sites for hydroxylation is 2. The molecule has 0 aliphatic heterocycles. The predicted octanol–water partition coefficient (Wildman–Crippen LogP) is 2.94. The lowest BCUT2D eigenvalue weighted by Crippen LogP contribution is -2.46. The van der Waals surface area contributed by atoms with Crippen LogP contribution in [0, 0.1) is 11.8 Å². The van der Waals surface area contributed by atoms with Gasteiger partial charge in [-0.05, 0) is 72.7 Å². The highest BCUT2D eigenvalue weighted by molar-refractivity contribution is 7.09. The number of nitrogens with two attached hydrogens (primary N) is 1. The molecule has 1 amide bonds. The molecule has 3 aromatic rings. The van der Waals surface area contributed by atoms with Crippen LogP contribution in [0.2, 0.25) is 0 Å². The van der Waals surface area contributed by atoms with Crippen LogP contribution in [0.3, 0.4) is 0 Å². The van der Waals surface area contributed by atoms with Gasteiger partial charge in [-0.25, -0.2) is 0 Å². The van der Waals surface area contributed by atoms with E-state index in [0.29, 0.717) is 5.56 Å². The van der Waals surface area contributed by atoms with Gasteiger partial charge in [0, 0.05) is 28.1 Å². The molecule has 0 radical (unpaired) electrons. The monoisotopic (exact) mass is 446 g/mol. The van der Waals surface area contributed by atoms with Crippen LogP contribution in [0.5, 0.6) is 0 Å². The number of hydrogen-bond donors (Lipinski definition) is 3. The molecule has 0 bridgehead atoms. The van der Waals surface area contributed by atoms with Crippen molar-refractivity contribution in [1.29, 1.82) is 0 Å². The van der Waals surface area contributed by atoms with Gasteiger partial charge < -0.3 is 16.2 Å². The molecule has 6 heteroatoms. The predicted molar refractivity (Wildman–Crippen MR) is 128 cm³/mol. The molecule has 1 atom stereocenters. The SMILES string of the molecule is NC[C@H](NC(=O)c1ccc(C#Cc2ccc(CCCc3cccs3)cc2)cc1)C(=O)CO. The van der Waals surface area contributed by atoms with Gasteiger partial charge in [0.2, 0.25) is 0 Å². The van der Waals surface area contributed by atoms with Crippen LogP contribution in [0.1, 0.15) is 38.3 Å².